The van der Waals surface area contributed by atoms with Crippen LogP contribution in [0.1, 0.15) is 32.4 Å². The van der Waals surface area contributed by atoms with Gasteiger partial charge in [0.25, 0.3) is 0 Å². The van der Waals surface area contributed by atoms with Gasteiger partial charge in [-0.3, -0.25) is 0 Å². The zero-order valence-electron chi connectivity index (χ0n) is 10.4. The van der Waals surface area contributed by atoms with Gasteiger partial charge in [-0.05, 0) is 38.5 Å². The molecule has 0 aliphatic rings. The Morgan fingerprint density at radius 3 is 2.31 bits per heavy atom. The molecular weight excluding hydrogens is 198 g/mol. The molecule has 0 heterocycles. The SMILES string of the molecule is C=C(C)CN(CC)c1ccc([C@H](C)O)cc1. The minimum absolute atomic E-state index is 0.398. The molecule has 0 aliphatic heterocycles. The van der Waals surface area contributed by atoms with Crippen LogP contribution in [-0.2, 0) is 0 Å². The highest BCUT2D eigenvalue weighted by Gasteiger charge is 2.05. The molecule has 0 saturated carbocycles. The molecule has 2 nitrogen and oxygen atoms in total. The third-order valence-electron chi connectivity index (χ3n) is 2.58. The topological polar surface area (TPSA) is 23.5 Å². The Bertz CT molecular complexity index is 340. The van der Waals surface area contributed by atoms with E-state index in [9.17, 15) is 5.11 Å². The van der Waals surface area contributed by atoms with Crippen molar-refractivity contribution in [2.45, 2.75) is 26.9 Å². The average molecular weight is 219 g/mol. The second-order valence-corrected chi connectivity index (χ2v) is 4.24. The molecule has 88 valence electrons. The molecule has 0 fully saturated rings. The van der Waals surface area contributed by atoms with Crippen LogP contribution in [0.2, 0.25) is 0 Å². The first-order valence-corrected chi connectivity index (χ1v) is 5.72. The summed E-state index contributed by atoms with van der Waals surface area (Å²) in [5, 5.41) is 9.43. The van der Waals surface area contributed by atoms with Crippen LogP contribution in [0.5, 0.6) is 0 Å². The van der Waals surface area contributed by atoms with Gasteiger partial charge in [0, 0.05) is 18.8 Å². The van der Waals surface area contributed by atoms with Crippen LogP contribution in [0.4, 0.5) is 5.69 Å². The molecule has 1 N–H and O–H groups in total. The lowest BCUT2D eigenvalue weighted by atomic mass is 10.1. The van der Waals surface area contributed by atoms with Gasteiger partial charge in [-0.15, -0.1) is 0 Å². The molecule has 0 unspecified atom stereocenters. The van der Waals surface area contributed by atoms with Crippen molar-refractivity contribution >= 4 is 5.69 Å². The van der Waals surface area contributed by atoms with Crippen LogP contribution < -0.4 is 4.90 Å². The number of hydrogen-bond acceptors (Lipinski definition) is 2. The highest BCUT2D eigenvalue weighted by molar-refractivity contribution is 5.48. The molecule has 0 radical (unpaired) electrons. The van der Waals surface area contributed by atoms with E-state index in [1.807, 2.05) is 19.1 Å². The van der Waals surface area contributed by atoms with Crippen molar-refractivity contribution in [2.24, 2.45) is 0 Å². The van der Waals surface area contributed by atoms with Crippen LogP contribution in [0.25, 0.3) is 0 Å². The molecule has 1 aromatic carbocycles. The normalized spacial score (nSPS) is 12.2. The molecule has 0 saturated heterocycles. The highest BCUT2D eigenvalue weighted by Crippen LogP contribution is 2.19. The summed E-state index contributed by atoms with van der Waals surface area (Å²) < 4.78 is 0. The number of benzene rings is 1. The molecule has 2 heteroatoms. The summed E-state index contributed by atoms with van der Waals surface area (Å²) in [5.41, 5.74) is 3.28. The summed E-state index contributed by atoms with van der Waals surface area (Å²) in [6, 6.07) is 8.05. The van der Waals surface area contributed by atoms with Gasteiger partial charge in [0.1, 0.15) is 0 Å². The van der Waals surface area contributed by atoms with Crippen molar-refractivity contribution in [2.75, 3.05) is 18.0 Å². The van der Waals surface area contributed by atoms with Crippen LogP contribution in [-0.4, -0.2) is 18.2 Å². The summed E-state index contributed by atoms with van der Waals surface area (Å²) in [6.07, 6.45) is -0.398. The minimum Gasteiger partial charge on any atom is -0.389 e. The Labute approximate surface area is 98.2 Å². The van der Waals surface area contributed by atoms with E-state index in [0.717, 1.165) is 24.2 Å². The van der Waals surface area contributed by atoms with Crippen molar-refractivity contribution in [3.05, 3.63) is 42.0 Å². The van der Waals surface area contributed by atoms with Crippen molar-refractivity contribution in [3.8, 4) is 0 Å². The summed E-state index contributed by atoms with van der Waals surface area (Å²) >= 11 is 0. The fourth-order valence-electron chi connectivity index (χ4n) is 1.68. The lowest BCUT2D eigenvalue weighted by Gasteiger charge is -2.23. The van der Waals surface area contributed by atoms with E-state index in [1.54, 1.807) is 6.92 Å². The predicted octanol–water partition coefficient (Wildman–Crippen LogP) is 3.14. The number of anilines is 1. The molecule has 0 amide bonds. The van der Waals surface area contributed by atoms with Gasteiger partial charge in [-0.25, -0.2) is 0 Å². The molecule has 1 aromatic rings. The Kier molecular flexibility index (Phi) is 4.56. The van der Waals surface area contributed by atoms with E-state index in [4.69, 9.17) is 0 Å². The average Bonchev–Trinajstić information content (AvgIpc) is 2.25. The lowest BCUT2D eigenvalue weighted by Crippen LogP contribution is -2.24. The fraction of sp³-hybridized carbons (Fsp3) is 0.429. The molecule has 0 aliphatic carbocycles. The van der Waals surface area contributed by atoms with E-state index in [-0.39, 0.29) is 0 Å². The Morgan fingerprint density at radius 1 is 1.38 bits per heavy atom. The minimum atomic E-state index is -0.398. The maximum atomic E-state index is 9.43. The third-order valence-corrected chi connectivity index (χ3v) is 2.58. The van der Waals surface area contributed by atoms with Crippen LogP contribution in [0, 0.1) is 0 Å². The monoisotopic (exact) mass is 219 g/mol. The first kappa shape index (κ1) is 12.8. The quantitative estimate of drug-likeness (QED) is 0.769. The van der Waals surface area contributed by atoms with Crippen molar-refractivity contribution in [3.63, 3.8) is 0 Å². The van der Waals surface area contributed by atoms with Gasteiger partial charge in [0.2, 0.25) is 0 Å². The molecular formula is C14H21NO. The molecule has 0 bridgehead atoms. The van der Waals surface area contributed by atoms with Gasteiger partial charge in [0.15, 0.2) is 0 Å². The number of aliphatic hydroxyl groups excluding tert-OH is 1. The van der Waals surface area contributed by atoms with Crippen molar-refractivity contribution in [1.82, 2.24) is 0 Å². The lowest BCUT2D eigenvalue weighted by molar-refractivity contribution is 0.199. The standard InChI is InChI=1S/C14H21NO/c1-5-15(10-11(2)3)14-8-6-13(7-9-14)12(4)16/h6-9,12,16H,2,5,10H2,1,3-4H3/t12-/m0/s1. The molecule has 0 aromatic heterocycles. The second kappa shape index (κ2) is 5.71. The zero-order valence-corrected chi connectivity index (χ0v) is 10.4. The van der Waals surface area contributed by atoms with Gasteiger partial charge >= 0.3 is 0 Å². The summed E-state index contributed by atoms with van der Waals surface area (Å²) in [6.45, 7) is 11.7. The van der Waals surface area contributed by atoms with E-state index in [0.29, 0.717) is 0 Å². The van der Waals surface area contributed by atoms with Gasteiger partial charge < -0.3 is 10.0 Å². The molecule has 1 atom stereocenters. The van der Waals surface area contributed by atoms with E-state index >= 15 is 0 Å². The first-order chi connectivity index (χ1) is 7.54. The predicted molar refractivity (Wildman–Crippen MR) is 69.8 cm³/mol. The van der Waals surface area contributed by atoms with E-state index in [2.05, 4.69) is 30.5 Å². The Hall–Kier alpha value is -1.28. The van der Waals surface area contributed by atoms with Gasteiger partial charge in [0.05, 0.1) is 6.10 Å². The number of nitrogens with zero attached hydrogens (tertiary/aromatic N) is 1. The summed E-state index contributed by atoms with van der Waals surface area (Å²) in [4.78, 5) is 2.26. The largest absolute Gasteiger partial charge is 0.389 e. The van der Waals surface area contributed by atoms with E-state index in [1.165, 1.54) is 5.69 Å². The number of hydrogen-bond donors (Lipinski definition) is 1. The van der Waals surface area contributed by atoms with Gasteiger partial charge in [-0.1, -0.05) is 24.3 Å². The maximum Gasteiger partial charge on any atom is 0.0761 e. The third kappa shape index (κ3) is 3.38. The fourth-order valence-corrected chi connectivity index (χ4v) is 1.68. The Morgan fingerprint density at radius 2 is 1.94 bits per heavy atom. The number of aliphatic hydroxyl groups is 1. The molecule has 0 spiro atoms. The maximum absolute atomic E-state index is 9.43. The second-order valence-electron chi connectivity index (χ2n) is 4.24. The zero-order chi connectivity index (χ0) is 12.1. The van der Waals surface area contributed by atoms with E-state index < -0.39 is 6.10 Å². The summed E-state index contributed by atoms with van der Waals surface area (Å²) in [5.74, 6) is 0. The number of rotatable bonds is 5. The molecule has 1 rings (SSSR count). The Balaban J connectivity index is 2.82. The highest BCUT2D eigenvalue weighted by atomic mass is 16.3. The van der Waals surface area contributed by atoms with Crippen LogP contribution in [0.3, 0.4) is 0 Å². The van der Waals surface area contributed by atoms with Gasteiger partial charge in [-0.2, -0.15) is 0 Å². The molecule has 16 heavy (non-hydrogen) atoms. The van der Waals surface area contributed by atoms with Crippen LogP contribution in [0.15, 0.2) is 36.4 Å². The number of likely N-dealkylation sites (N-methyl/N-ethyl adjacent to an activating group) is 1. The van der Waals surface area contributed by atoms with Crippen molar-refractivity contribution in [1.29, 1.82) is 0 Å². The van der Waals surface area contributed by atoms with Crippen LogP contribution >= 0.6 is 0 Å². The van der Waals surface area contributed by atoms with Crippen molar-refractivity contribution < 1.29 is 5.11 Å². The first-order valence-electron chi connectivity index (χ1n) is 5.72. The smallest absolute Gasteiger partial charge is 0.0761 e. The summed E-state index contributed by atoms with van der Waals surface area (Å²) in [7, 11) is 0.